The fourth-order valence-electron chi connectivity index (χ4n) is 3.46. The van der Waals surface area contributed by atoms with E-state index in [9.17, 15) is 13.2 Å². The van der Waals surface area contributed by atoms with Crippen molar-refractivity contribution in [1.29, 1.82) is 0 Å². The van der Waals surface area contributed by atoms with Crippen LogP contribution in [0.3, 0.4) is 0 Å². The number of nitrogens with two attached hydrogens (primary N) is 1. The number of alkyl halides is 3. The van der Waals surface area contributed by atoms with E-state index in [0.717, 1.165) is 18.8 Å². The number of rotatable bonds is 5. The van der Waals surface area contributed by atoms with Crippen LogP contribution in [-0.4, -0.2) is 42.5 Å². The van der Waals surface area contributed by atoms with Crippen molar-refractivity contribution in [1.82, 2.24) is 9.97 Å². The van der Waals surface area contributed by atoms with E-state index in [2.05, 4.69) is 29.8 Å². The third-order valence-electron chi connectivity index (χ3n) is 4.97. The Labute approximate surface area is 187 Å². The van der Waals surface area contributed by atoms with Gasteiger partial charge in [0.15, 0.2) is 11.6 Å². The van der Waals surface area contributed by atoms with E-state index in [1.807, 2.05) is 24.3 Å². The molecular weight excluding hydrogens is 445 g/mol. The summed E-state index contributed by atoms with van der Waals surface area (Å²) in [7, 11) is 0. The molecule has 0 bridgehead atoms. The van der Waals surface area contributed by atoms with Crippen LogP contribution in [0, 0.1) is 0 Å². The van der Waals surface area contributed by atoms with Gasteiger partial charge in [0.2, 0.25) is 0 Å². The average Bonchev–Trinajstić information content (AvgIpc) is 2.76. The lowest BCUT2D eigenvalue weighted by Gasteiger charge is -2.37. The number of hydrogen-bond acceptors (Lipinski definition) is 7. The number of halogens is 4. The molecule has 0 unspecified atom stereocenters. The molecule has 11 heteroatoms. The Hall–Kier alpha value is -3.40. The molecule has 4 rings (SSSR count). The normalized spacial score (nSPS) is 14.4. The third-order valence-corrected chi connectivity index (χ3v) is 5.20. The van der Waals surface area contributed by atoms with Gasteiger partial charge in [-0.05, 0) is 42.5 Å². The fraction of sp³-hybridized carbons (Fsp3) is 0.238. The van der Waals surface area contributed by atoms with E-state index < -0.39 is 6.36 Å². The summed E-state index contributed by atoms with van der Waals surface area (Å²) in [6.45, 7) is 2.95. The summed E-state index contributed by atoms with van der Waals surface area (Å²) in [6, 6.07) is 13.0. The zero-order chi connectivity index (χ0) is 22.7. The molecule has 7 nitrogen and oxygen atoms in total. The van der Waals surface area contributed by atoms with Gasteiger partial charge in [-0.1, -0.05) is 17.7 Å². The van der Waals surface area contributed by atoms with Gasteiger partial charge in [-0.3, -0.25) is 0 Å². The molecule has 0 radical (unpaired) electrons. The van der Waals surface area contributed by atoms with Crippen LogP contribution in [0.5, 0.6) is 5.75 Å². The Balaban J connectivity index is 1.43. The van der Waals surface area contributed by atoms with Gasteiger partial charge in [0.1, 0.15) is 17.8 Å². The maximum atomic E-state index is 12.3. The van der Waals surface area contributed by atoms with Crippen molar-refractivity contribution in [2.24, 2.45) is 0 Å². The lowest BCUT2D eigenvalue weighted by molar-refractivity contribution is -0.274. The molecule has 0 aliphatic carbocycles. The monoisotopic (exact) mass is 464 g/mol. The van der Waals surface area contributed by atoms with Gasteiger partial charge in [0.05, 0.1) is 0 Å². The van der Waals surface area contributed by atoms with E-state index in [-0.39, 0.29) is 5.75 Å². The molecule has 0 atom stereocenters. The molecule has 2 aromatic carbocycles. The van der Waals surface area contributed by atoms with Crippen LogP contribution in [0.4, 0.5) is 41.9 Å². The first kappa shape index (κ1) is 21.8. The van der Waals surface area contributed by atoms with E-state index in [1.165, 1.54) is 30.6 Å². The van der Waals surface area contributed by atoms with Crippen molar-refractivity contribution in [2.75, 3.05) is 47.0 Å². The van der Waals surface area contributed by atoms with Crippen molar-refractivity contribution in [3.05, 3.63) is 59.9 Å². The number of hydrogen-bond donors (Lipinski definition) is 2. The van der Waals surface area contributed by atoms with Crippen LogP contribution in [0.1, 0.15) is 0 Å². The van der Waals surface area contributed by atoms with Crippen LogP contribution in [0.25, 0.3) is 0 Å². The quantitative estimate of drug-likeness (QED) is 0.567. The number of nitrogen functional groups attached to an aromatic ring is 1. The largest absolute Gasteiger partial charge is 0.573 e. The summed E-state index contributed by atoms with van der Waals surface area (Å²) < 4.78 is 40.8. The van der Waals surface area contributed by atoms with Gasteiger partial charge in [0.25, 0.3) is 0 Å². The standard InChI is InChI=1S/C21H20ClF3N6O/c22-14-2-1-3-16(12-14)30-8-10-31(11-9-30)20-18(26)19(27-13-28-20)29-15-4-6-17(7-5-15)32-21(23,24)25/h1-7,12-13H,8-11,26H2,(H,27,28,29). The van der Waals surface area contributed by atoms with Crippen molar-refractivity contribution in [3.8, 4) is 5.75 Å². The number of ether oxygens (including phenoxy) is 1. The highest BCUT2D eigenvalue weighted by molar-refractivity contribution is 6.30. The number of anilines is 5. The maximum Gasteiger partial charge on any atom is 0.573 e. The predicted molar refractivity (Wildman–Crippen MR) is 119 cm³/mol. The molecule has 2 heterocycles. The minimum Gasteiger partial charge on any atom is -0.406 e. The molecule has 3 N–H and O–H groups in total. The van der Waals surface area contributed by atoms with Crippen molar-refractivity contribution >= 4 is 40.3 Å². The number of benzene rings is 2. The smallest absolute Gasteiger partial charge is 0.406 e. The molecule has 0 spiro atoms. The molecular formula is C21H20ClF3N6O. The molecule has 0 amide bonds. The van der Waals surface area contributed by atoms with Gasteiger partial charge >= 0.3 is 6.36 Å². The summed E-state index contributed by atoms with van der Waals surface area (Å²) in [5, 5.41) is 3.71. The zero-order valence-electron chi connectivity index (χ0n) is 16.8. The van der Waals surface area contributed by atoms with Gasteiger partial charge in [0, 0.05) is 42.6 Å². The van der Waals surface area contributed by atoms with Crippen LogP contribution >= 0.6 is 11.6 Å². The molecule has 1 saturated heterocycles. The minimum absolute atomic E-state index is 0.308. The van der Waals surface area contributed by atoms with Crippen LogP contribution in [0.15, 0.2) is 54.9 Å². The van der Waals surface area contributed by atoms with E-state index >= 15 is 0 Å². The Morgan fingerprint density at radius 2 is 1.66 bits per heavy atom. The van der Waals surface area contributed by atoms with Gasteiger partial charge in [-0.15, -0.1) is 13.2 Å². The van der Waals surface area contributed by atoms with Crippen molar-refractivity contribution < 1.29 is 17.9 Å². The molecule has 3 aromatic rings. The second kappa shape index (κ2) is 8.99. The highest BCUT2D eigenvalue weighted by Crippen LogP contribution is 2.31. The van der Waals surface area contributed by atoms with E-state index in [1.54, 1.807) is 0 Å². The summed E-state index contributed by atoms with van der Waals surface area (Å²) >= 11 is 6.10. The van der Waals surface area contributed by atoms with Gasteiger partial charge < -0.3 is 25.6 Å². The molecule has 1 fully saturated rings. The molecule has 32 heavy (non-hydrogen) atoms. The van der Waals surface area contributed by atoms with Crippen molar-refractivity contribution in [3.63, 3.8) is 0 Å². The summed E-state index contributed by atoms with van der Waals surface area (Å²) in [5.41, 5.74) is 8.25. The topological polar surface area (TPSA) is 79.5 Å². The maximum absolute atomic E-state index is 12.3. The first-order chi connectivity index (χ1) is 15.3. The van der Waals surface area contributed by atoms with Crippen molar-refractivity contribution in [2.45, 2.75) is 6.36 Å². The average molecular weight is 465 g/mol. The SMILES string of the molecule is Nc1c(Nc2ccc(OC(F)(F)F)cc2)ncnc1N1CCN(c2cccc(Cl)c2)CC1. The van der Waals surface area contributed by atoms with Crippen LogP contribution < -0.4 is 25.6 Å². The Morgan fingerprint density at radius 3 is 2.31 bits per heavy atom. The van der Waals surface area contributed by atoms with E-state index in [4.69, 9.17) is 17.3 Å². The number of nitrogens with zero attached hydrogens (tertiary/aromatic N) is 4. The predicted octanol–water partition coefficient (Wildman–Crippen LogP) is 4.68. The lowest BCUT2D eigenvalue weighted by Crippen LogP contribution is -2.47. The summed E-state index contributed by atoms with van der Waals surface area (Å²) in [4.78, 5) is 12.8. The highest BCUT2D eigenvalue weighted by Gasteiger charge is 2.31. The van der Waals surface area contributed by atoms with E-state index in [0.29, 0.717) is 41.1 Å². The highest BCUT2D eigenvalue weighted by atomic mass is 35.5. The molecule has 0 saturated carbocycles. The molecule has 1 aliphatic heterocycles. The fourth-order valence-corrected chi connectivity index (χ4v) is 3.65. The van der Waals surface area contributed by atoms with Gasteiger partial charge in [-0.25, -0.2) is 9.97 Å². The second-order valence-electron chi connectivity index (χ2n) is 7.11. The van der Waals surface area contributed by atoms with Crippen LogP contribution in [0.2, 0.25) is 5.02 Å². The number of aromatic nitrogens is 2. The Kier molecular flexibility index (Phi) is 6.13. The first-order valence-corrected chi connectivity index (χ1v) is 10.1. The number of nitrogens with one attached hydrogen (secondary N) is 1. The third kappa shape index (κ3) is 5.25. The Morgan fingerprint density at radius 1 is 0.969 bits per heavy atom. The second-order valence-corrected chi connectivity index (χ2v) is 7.55. The summed E-state index contributed by atoms with van der Waals surface area (Å²) in [5.74, 6) is 0.666. The Bertz CT molecular complexity index is 1070. The zero-order valence-corrected chi connectivity index (χ0v) is 17.6. The van der Waals surface area contributed by atoms with Crippen LogP contribution in [-0.2, 0) is 0 Å². The number of piperazine rings is 1. The molecule has 168 valence electrons. The molecule has 1 aliphatic rings. The minimum atomic E-state index is -4.74. The summed E-state index contributed by atoms with van der Waals surface area (Å²) in [6.07, 6.45) is -3.34. The lowest BCUT2D eigenvalue weighted by atomic mass is 10.2. The van der Waals surface area contributed by atoms with Gasteiger partial charge in [-0.2, -0.15) is 0 Å². The first-order valence-electron chi connectivity index (χ1n) is 9.77. The molecule has 1 aromatic heterocycles.